The minimum atomic E-state index is -0.458. The van der Waals surface area contributed by atoms with Gasteiger partial charge in [0.25, 0.3) is 5.91 Å². The molecule has 4 nitrogen and oxygen atoms in total. The molecule has 29 heavy (non-hydrogen) atoms. The summed E-state index contributed by atoms with van der Waals surface area (Å²) < 4.78 is 19.7. The van der Waals surface area contributed by atoms with E-state index in [-0.39, 0.29) is 23.0 Å². The number of rotatable bonds is 4. The fraction of sp³-hybridized carbons (Fsp3) is 0.0435. The summed E-state index contributed by atoms with van der Waals surface area (Å²) in [5, 5.41) is 0.539. The second kappa shape index (κ2) is 7.89. The predicted molar refractivity (Wildman–Crippen MR) is 113 cm³/mol. The lowest BCUT2D eigenvalue weighted by Crippen LogP contribution is -2.33. The molecule has 0 atom stereocenters. The normalized spacial score (nSPS) is 15.0. The molecule has 0 bridgehead atoms. The lowest BCUT2D eigenvalue weighted by molar-refractivity contribution is -0.113. The zero-order valence-corrected chi connectivity index (χ0v) is 16.2. The van der Waals surface area contributed by atoms with E-state index < -0.39 is 5.82 Å². The van der Waals surface area contributed by atoms with Crippen LogP contribution in [0, 0.1) is 5.82 Å². The van der Waals surface area contributed by atoms with E-state index in [9.17, 15) is 9.18 Å². The van der Waals surface area contributed by atoms with Gasteiger partial charge in [0.05, 0.1) is 18.4 Å². The van der Waals surface area contributed by atoms with Crippen LogP contribution in [0.15, 0.2) is 83.5 Å². The lowest BCUT2D eigenvalue weighted by Gasteiger charge is -2.19. The molecule has 0 spiro atoms. The minimum Gasteiger partial charge on any atom is -0.497 e. The molecule has 4 rings (SSSR count). The van der Waals surface area contributed by atoms with Crippen LogP contribution in [0.5, 0.6) is 5.75 Å². The highest BCUT2D eigenvalue weighted by Crippen LogP contribution is 2.30. The number of amides is 1. The number of benzene rings is 3. The van der Waals surface area contributed by atoms with E-state index in [4.69, 9.17) is 16.3 Å². The Balaban J connectivity index is 1.84. The van der Waals surface area contributed by atoms with Crippen molar-refractivity contribution in [3.05, 3.63) is 100 Å². The first-order valence-electron chi connectivity index (χ1n) is 8.86. The molecule has 3 aromatic carbocycles. The zero-order chi connectivity index (χ0) is 20.4. The Morgan fingerprint density at radius 2 is 1.79 bits per heavy atom. The average Bonchev–Trinajstić information content (AvgIpc) is 3.05. The molecule has 0 saturated heterocycles. The Labute approximate surface area is 172 Å². The van der Waals surface area contributed by atoms with Gasteiger partial charge in [0, 0.05) is 5.02 Å². The van der Waals surface area contributed by atoms with Crippen LogP contribution in [0.1, 0.15) is 11.1 Å². The molecule has 1 amide bonds. The topological polar surface area (TPSA) is 41.9 Å². The van der Waals surface area contributed by atoms with Crippen LogP contribution < -0.4 is 9.64 Å². The number of aliphatic imine (C=N–C) groups is 1. The standard InChI is InChI=1S/C23H16ClFN2O2/c1-29-18-6-4-5-15(13-18)14-21-23(28)27(17-11-9-16(24)10-12-17)22(26-21)19-7-2-3-8-20(19)25/h2-14H,1H3/b21-14+. The number of methoxy groups -OCH3 is 1. The zero-order valence-electron chi connectivity index (χ0n) is 15.5. The minimum absolute atomic E-state index is 0.200. The number of ether oxygens (including phenoxy) is 1. The van der Waals surface area contributed by atoms with Gasteiger partial charge in [-0.2, -0.15) is 0 Å². The summed E-state index contributed by atoms with van der Waals surface area (Å²) in [4.78, 5) is 19.1. The summed E-state index contributed by atoms with van der Waals surface area (Å²) in [6, 6.07) is 20.2. The van der Waals surface area contributed by atoms with Crippen molar-refractivity contribution in [2.24, 2.45) is 4.99 Å². The molecule has 1 aliphatic rings. The van der Waals surface area contributed by atoms with Gasteiger partial charge < -0.3 is 4.74 Å². The Morgan fingerprint density at radius 3 is 2.52 bits per heavy atom. The van der Waals surface area contributed by atoms with Gasteiger partial charge in [-0.15, -0.1) is 0 Å². The van der Waals surface area contributed by atoms with Crippen LogP contribution in [0.3, 0.4) is 0 Å². The molecule has 0 aliphatic carbocycles. The van der Waals surface area contributed by atoms with E-state index in [1.165, 1.54) is 11.0 Å². The maximum absolute atomic E-state index is 14.5. The number of carbonyl (C=O) groups excluding carboxylic acids is 1. The van der Waals surface area contributed by atoms with Crippen molar-refractivity contribution < 1.29 is 13.9 Å². The third-order valence-electron chi connectivity index (χ3n) is 4.46. The number of anilines is 1. The quantitative estimate of drug-likeness (QED) is 0.550. The summed E-state index contributed by atoms with van der Waals surface area (Å²) in [6.45, 7) is 0. The van der Waals surface area contributed by atoms with Crippen molar-refractivity contribution in [3.8, 4) is 5.75 Å². The first-order chi connectivity index (χ1) is 14.1. The Morgan fingerprint density at radius 1 is 1.03 bits per heavy atom. The number of halogens is 2. The van der Waals surface area contributed by atoms with E-state index in [1.54, 1.807) is 61.7 Å². The van der Waals surface area contributed by atoms with Crippen molar-refractivity contribution in [2.75, 3.05) is 12.0 Å². The van der Waals surface area contributed by atoms with Gasteiger partial charge in [-0.05, 0) is 60.2 Å². The molecule has 0 N–H and O–H groups in total. The summed E-state index contributed by atoms with van der Waals surface area (Å²) in [5.74, 6) is 0.0799. The van der Waals surface area contributed by atoms with Crippen molar-refractivity contribution >= 4 is 35.1 Å². The lowest BCUT2D eigenvalue weighted by atomic mass is 10.1. The molecular formula is C23H16ClFN2O2. The second-order valence-corrected chi connectivity index (χ2v) is 6.77. The summed E-state index contributed by atoms with van der Waals surface area (Å²) in [7, 11) is 1.57. The molecule has 6 heteroatoms. The fourth-order valence-corrected chi connectivity index (χ4v) is 3.18. The summed E-state index contributed by atoms with van der Waals surface area (Å²) in [6.07, 6.45) is 1.65. The van der Waals surface area contributed by atoms with Crippen LogP contribution in [-0.2, 0) is 4.79 Å². The Bertz CT molecular complexity index is 1140. The monoisotopic (exact) mass is 406 g/mol. The first-order valence-corrected chi connectivity index (χ1v) is 9.24. The molecule has 0 radical (unpaired) electrons. The molecule has 3 aromatic rings. The molecule has 0 fully saturated rings. The number of hydrogen-bond donors (Lipinski definition) is 0. The first kappa shape index (κ1) is 18.9. The van der Waals surface area contributed by atoms with Gasteiger partial charge in [-0.3, -0.25) is 9.69 Å². The van der Waals surface area contributed by atoms with E-state index in [0.29, 0.717) is 16.5 Å². The van der Waals surface area contributed by atoms with Crippen molar-refractivity contribution in [1.82, 2.24) is 0 Å². The van der Waals surface area contributed by atoms with Gasteiger partial charge in [-0.25, -0.2) is 9.38 Å². The second-order valence-electron chi connectivity index (χ2n) is 6.34. The van der Waals surface area contributed by atoms with Crippen LogP contribution in [0.25, 0.3) is 6.08 Å². The van der Waals surface area contributed by atoms with E-state index in [2.05, 4.69) is 4.99 Å². The van der Waals surface area contributed by atoms with Crippen LogP contribution >= 0.6 is 11.6 Å². The van der Waals surface area contributed by atoms with Gasteiger partial charge in [0.2, 0.25) is 0 Å². The van der Waals surface area contributed by atoms with Crippen LogP contribution in [0.4, 0.5) is 10.1 Å². The smallest absolute Gasteiger partial charge is 0.282 e. The van der Waals surface area contributed by atoms with Gasteiger partial charge in [-0.1, -0.05) is 35.9 Å². The summed E-state index contributed by atoms with van der Waals surface area (Å²) in [5.41, 5.74) is 1.74. The molecule has 0 aromatic heterocycles. The third kappa shape index (κ3) is 3.77. The maximum Gasteiger partial charge on any atom is 0.282 e. The molecular weight excluding hydrogens is 391 g/mol. The molecule has 0 unspecified atom stereocenters. The van der Waals surface area contributed by atoms with Gasteiger partial charge >= 0.3 is 0 Å². The van der Waals surface area contributed by atoms with Gasteiger partial charge in [0.15, 0.2) is 5.84 Å². The van der Waals surface area contributed by atoms with Crippen LogP contribution in [-0.4, -0.2) is 18.9 Å². The molecule has 0 saturated carbocycles. The average molecular weight is 407 g/mol. The fourth-order valence-electron chi connectivity index (χ4n) is 3.06. The highest BCUT2D eigenvalue weighted by atomic mass is 35.5. The largest absolute Gasteiger partial charge is 0.497 e. The highest BCUT2D eigenvalue weighted by molar-refractivity contribution is 6.34. The van der Waals surface area contributed by atoms with E-state index in [1.807, 2.05) is 18.2 Å². The number of amidine groups is 1. The molecule has 1 heterocycles. The van der Waals surface area contributed by atoms with Crippen LogP contribution in [0.2, 0.25) is 5.02 Å². The van der Waals surface area contributed by atoms with Crippen molar-refractivity contribution in [3.63, 3.8) is 0 Å². The number of carbonyl (C=O) groups is 1. The third-order valence-corrected chi connectivity index (χ3v) is 4.71. The molecule has 144 valence electrons. The number of hydrogen-bond acceptors (Lipinski definition) is 3. The SMILES string of the molecule is COc1cccc(/C=C2/N=C(c3ccccc3F)N(c3ccc(Cl)cc3)C2=O)c1. The van der Waals surface area contributed by atoms with Crippen molar-refractivity contribution in [2.45, 2.75) is 0 Å². The van der Waals surface area contributed by atoms with E-state index in [0.717, 1.165) is 5.56 Å². The predicted octanol–water partition coefficient (Wildman–Crippen LogP) is 5.32. The van der Waals surface area contributed by atoms with Gasteiger partial charge in [0.1, 0.15) is 17.3 Å². The maximum atomic E-state index is 14.5. The Hall–Kier alpha value is -3.44. The van der Waals surface area contributed by atoms with E-state index >= 15 is 0 Å². The number of nitrogens with zero attached hydrogens (tertiary/aromatic N) is 2. The summed E-state index contributed by atoms with van der Waals surface area (Å²) >= 11 is 5.98. The molecule has 1 aliphatic heterocycles. The Kier molecular flexibility index (Phi) is 5.14. The highest BCUT2D eigenvalue weighted by Gasteiger charge is 2.33. The van der Waals surface area contributed by atoms with Crippen molar-refractivity contribution in [1.29, 1.82) is 0 Å².